The van der Waals surface area contributed by atoms with Crippen LogP contribution in [-0.4, -0.2) is 22.8 Å². The number of nitro groups is 1. The first-order valence-electron chi connectivity index (χ1n) is 4.37. The molecule has 1 amide bonds. The second-order valence-electron chi connectivity index (χ2n) is 2.93. The Kier molecular flexibility index (Phi) is 4.53. The summed E-state index contributed by atoms with van der Waals surface area (Å²) in [4.78, 5) is 20.0. The molecule has 1 aromatic rings. The lowest BCUT2D eigenvalue weighted by Gasteiger charge is -2.09. The molecule has 0 saturated heterocycles. The fraction of sp³-hybridized carbons (Fsp3) is 0.222. The average Bonchev–Trinajstić information content (AvgIpc) is 2.28. The van der Waals surface area contributed by atoms with Crippen molar-refractivity contribution in [2.45, 2.75) is 4.84 Å². The van der Waals surface area contributed by atoms with Crippen LogP contribution < -0.4 is 10.1 Å². The summed E-state index contributed by atoms with van der Waals surface area (Å²) < 4.78 is 4.94. The number of methoxy groups -OCH3 is 1. The van der Waals surface area contributed by atoms with E-state index in [0.29, 0.717) is 0 Å². The molecule has 0 aliphatic carbocycles. The lowest BCUT2D eigenvalue weighted by atomic mass is 10.2. The van der Waals surface area contributed by atoms with Crippen LogP contribution in [0.5, 0.6) is 5.75 Å². The third-order valence-corrected chi connectivity index (χ3v) is 2.25. The van der Waals surface area contributed by atoms with Gasteiger partial charge in [-0.2, -0.15) is 0 Å². The molecule has 1 aromatic carbocycles. The van der Waals surface area contributed by atoms with E-state index >= 15 is 0 Å². The number of carbonyl (C=O) groups is 1. The van der Waals surface area contributed by atoms with Crippen LogP contribution >= 0.6 is 23.2 Å². The molecule has 0 bridgehead atoms. The SMILES string of the molecule is COc1ccc([N+](=O)[O-])cc1NC(=O)C(Cl)Cl. The van der Waals surface area contributed by atoms with Gasteiger partial charge in [-0.15, -0.1) is 0 Å². The summed E-state index contributed by atoms with van der Waals surface area (Å²) in [6, 6.07) is 3.78. The van der Waals surface area contributed by atoms with E-state index in [2.05, 4.69) is 5.32 Å². The molecule has 0 radical (unpaired) electrons. The molecule has 8 heteroatoms. The van der Waals surface area contributed by atoms with E-state index < -0.39 is 15.7 Å². The number of nitro benzene ring substituents is 1. The van der Waals surface area contributed by atoms with E-state index in [1.54, 1.807) is 0 Å². The van der Waals surface area contributed by atoms with Crippen LogP contribution in [0.25, 0.3) is 0 Å². The Labute approximate surface area is 107 Å². The first kappa shape index (κ1) is 13.5. The van der Waals surface area contributed by atoms with Crippen molar-refractivity contribution >= 4 is 40.5 Å². The van der Waals surface area contributed by atoms with Crippen molar-refractivity contribution in [3.05, 3.63) is 28.3 Å². The number of alkyl halides is 2. The van der Waals surface area contributed by atoms with Crippen molar-refractivity contribution < 1.29 is 14.5 Å². The van der Waals surface area contributed by atoms with Gasteiger partial charge in [0.25, 0.3) is 11.6 Å². The Balaban J connectivity index is 3.06. The minimum Gasteiger partial charge on any atom is -0.495 e. The third-order valence-electron chi connectivity index (χ3n) is 1.85. The van der Waals surface area contributed by atoms with Gasteiger partial charge in [0.1, 0.15) is 5.75 Å². The summed E-state index contributed by atoms with van der Waals surface area (Å²) in [5, 5.41) is 12.9. The van der Waals surface area contributed by atoms with E-state index in [0.717, 1.165) is 6.07 Å². The van der Waals surface area contributed by atoms with E-state index in [9.17, 15) is 14.9 Å². The van der Waals surface area contributed by atoms with E-state index in [4.69, 9.17) is 27.9 Å². The quantitative estimate of drug-likeness (QED) is 0.521. The van der Waals surface area contributed by atoms with Gasteiger partial charge in [-0.1, -0.05) is 23.2 Å². The molecule has 0 spiro atoms. The fourth-order valence-corrected chi connectivity index (χ4v) is 1.20. The Morgan fingerprint density at radius 2 is 2.18 bits per heavy atom. The largest absolute Gasteiger partial charge is 0.495 e. The molecule has 0 aliphatic heterocycles. The zero-order chi connectivity index (χ0) is 13.0. The molecule has 0 saturated carbocycles. The predicted octanol–water partition coefficient (Wildman–Crippen LogP) is 2.35. The third kappa shape index (κ3) is 3.47. The number of halogens is 2. The first-order valence-corrected chi connectivity index (χ1v) is 5.24. The van der Waals surface area contributed by atoms with E-state index in [1.165, 1.54) is 19.2 Å². The average molecular weight is 279 g/mol. The highest BCUT2D eigenvalue weighted by atomic mass is 35.5. The maximum absolute atomic E-state index is 11.3. The summed E-state index contributed by atoms with van der Waals surface area (Å²) in [5.74, 6) is -0.412. The number of hydrogen-bond donors (Lipinski definition) is 1. The summed E-state index contributed by atoms with van der Waals surface area (Å²) in [6.07, 6.45) is 0. The number of nitrogens with zero attached hydrogens (tertiary/aromatic N) is 1. The Morgan fingerprint density at radius 1 is 1.53 bits per heavy atom. The predicted molar refractivity (Wildman–Crippen MR) is 63.8 cm³/mol. The van der Waals surface area contributed by atoms with Gasteiger partial charge in [0.15, 0.2) is 4.84 Å². The van der Waals surface area contributed by atoms with Crippen molar-refractivity contribution in [1.82, 2.24) is 0 Å². The molecule has 92 valence electrons. The van der Waals surface area contributed by atoms with Crippen LogP contribution in [0.2, 0.25) is 0 Å². The Hall–Kier alpha value is -1.53. The van der Waals surface area contributed by atoms with Gasteiger partial charge in [-0.3, -0.25) is 14.9 Å². The topological polar surface area (TPSA) is 81.5 Å². The van der Waals surface area contributed by atoms with Crippen molar-refractivity contribution in [3.63, 3.8) is 0 Å². The summed E-state index contributed by atoms with van der Waals surface area (Å²) in [5.41, 5.74) is -0.0419. The summed E-state index contributed by atoms with van der Waals surface area (Å²) >= 11 is 10.7. The van der Waals surface area contributed by atoms with Gasteiger partial charge >= 0.3 is 0 Å². The molecule has 17 heavy (non-hydrogen) atoms. The van der Waals surface area contributed by atoms with Crippen molar-refractivity contribution in [2.24, 2.45) is 0 Å². The number of non-ortho nitro benzene ring substituents is 1. The van der Waals surface area contributed by atoms with Crippen LogP contribution in [0.1, 0.15) is 0 Å². The van der Waals surface area contributed by atoms with E-state index in [1.807, 2.05) is 0 Å². The second-order valence-corrected chi connectivity index (χ2v) is 4.03. The number of carbonyl (C=O) groups excluding carboxylic acids is 1. The van der Waals surface area contributed by atoms with Crippen molar-refractivity contribution in [3.8, 4) is 5.75 Å². The first-order chi connectivity index (χ1) is 7.95. The maximum atomic E-state index is 11.3. The molecule has 0 heterocycles. The molecule has 0 fully saturated rings. The molecule has 1 N–H and O–H groups in total. The lowest BCUT2D eigenvalue weighted by molar-refractivity contribution is -0.384. The summed E-state index contributed by atoms with van der Waals surface area (Å²) in [7, 11) is 1.37. The number of amides is 1. The number of anilines is 1. The van der Waals surface area contributed by atoms with Crippen LogP contribution in [0.15, 0.2) is 18.2 Å². The van der Waals surface area contributed by atoms with Gasteiger partial charge in [-0.05, 0) is 6.07 Å². The number of rotatable bonds is 4. The molecule has 1 rings (SSSR count). The lowest BCUT2D eigenvalue weighted by Crippen LogP contribution is -2.19. The number of benzene rings is 1. The number of nitrogens with one attached hydrogen (secondary N) is 1. The normalized spacial score (nSPS) is 10.1. The highest BCUT2D eigenvalue weighted by Gasteiger charge is 2.16. The van der Waals surface area contributed by atoms with Crippen molar-refractivity contribution in [2.75, 3.05) is 12.4 Å². The monoisotopic (exact) mass is 278 g/mol. The molecule has 0 aliphatic rings. The second kappa shape index (κ2) is 5.70. The van der Waals surface area contributed by atoms with Gasteiger partial charge in [0, 0.05) is 12.1 Å². The Bertz CT molecular complexity index is 451. The smallest absolute Gasteiger partial charge is 0.271 e. The summed E-state index contributed by atoms with van der Waals surface area (Å²) in [6.45, 7) is 0. The van der Waals surface area contributed by atoms with Crippen LogP contribution in [0, 0.1) is 10.1 Å². The zero-order valence-corrected chi connectivity index (χ0v) is 10.2. The van der Waals surface area contributed by atoms with Gasteiger partial charge < -0.3 is 10.1 Å². The highest BCUT2D eigenvalue weighted by molar-refractivity contribution is 6.54. The van der Waals surface area contributed by atoms with Crippen LogP contribution in [0.3, 0.4) is 0 Å². The molecular formula is C9H8Cl2N2O4. The minimum atomic E-state index is -1.26. The number of ether oxygens (including phenoxy) is 1. The standard InChI is InChI=1S/C9H8Cl2N2O4/c1-17-7-3-2-5(13(15)16)4-6(7)12-9(14)8(10)11/h2-4,8H,1H3,(H,12,14). The van der Waals surface area contributed by atoms with Gasteiger partial charge in [0.05, 0.1) is 17.7 Å². The van der Waals surface area contributed by atoms with Gasteiger partial charge in [-0.25, -0.2) is 0 Å². The minimum absolute atomic E-state index is 0.137. The molecular weight excluding hydrogens is 271 g/mol. The van der Waals surface area contributed by atoms with Gasteiger partial charge in [0.2, 0.25) is 0 Å². The van der Waals surface area contributed by atoms with Crippen LogP contribution in [-0.2, 0) is 4.79 Å². The zero-order valence-electron chi connectivity index (χ0n) is 8.65. The van der Waals surface area contributed by atoms with E-state index in [-0.39, 0.29) is 17.1 Å². The molecule has 6 nitrogen and oxygen atoms in total. The Morgan fingerprint density at radius 3 is 2.65 bits per heavy atom. The fourth-order valence-electron chi connectivity index (χ4n) is 1.09. The molecule has 0 atom stereocenters. The van der Waals surface area contributed by atoms with Crippen LogP contribution in [0.4, 0.5) is 11.4 Å². The molecule has 0 unspecified atom stereocenters. The number of hydrogen-bond acceptors (Lipinski definition) is 4. The van der Waals surface area contributed by atoms with Crippen molar-refractivity contribution in [1.29, 1.82) is 0 Å². The maximum Gasteiger partial charge on any atom is 0.271 e. The molecule has 0 aromatic heterocycles. The highest BCUT2D eigenvalue weighted by Crippen LogP contribution is 2.29.